The molecule has 1 aliphatic rings. The summed E-state index contributed by atoms with van der Waals surface area (Å²) in [6.45, 7) is 1.51. The maximum Gasteiger partial charge on any atom is 0.303 e. The van der Waals surface area contributed by atoms with Gasteiger partial charge in [-0.1, -0.05) is 18.2 Å². The van der Waals surface area contributed by atoms with Crippen molar-refractivity contribution in [2.75, 3.05) is 6.61 Å². The summed E-state index contributed by atoms with van der Waals surface area (Å²) in [4.78, 5) is 10.4. The van der Waals surface area contributed by atoms with Crippen LogP contribution in [0.3, 0.4) is 0 Å². The molecule has 1 heterocycles. The van der Waals surface area contributed by atoms with E-state index in [1.165, 1.54) is 16.7 Å². The fourth-order valence-corrected chi connectivity index (χ4v) is 2.02. The van der Waals surface area contributed by atoms with Crippen molar-refractivity contribution < 1.29 is 14.6 Å². The summed E-state index contributed by atoms with van der Waals surface area (Å²) in [5.41, 5.74) is 3.85. The van der Waals surface area contributed by atoms with Gasteiger partial charge in [-0.2, -0.15) is 0 Å². The number of hydrogen-bond donors (Lipinski definition) is 1. The van der Waals surface area contributed by atoms with E-state index in [0.29, 0.717) is 13.0 Å². The molecule has 0 radical (unpaired) electrons. The number of hydrogen-bond acceptors (Lipinski definition) is 2. The monoisotopic (exact) mass is 220 g/mol. The SMILES string of the molecule is O=C(O)CCCc1ccc2c(c1)COCC2. The number of benzene rings is 1. The van der Waals surface area contributed by atoms with Crippen LogP contribution in [-0.2, 0) is 29.0 Å². The van der Waals surface area contributed by atoms with Gasteiger partial charge in [0.05, 0.1) is 13.2 Å². The molecule has 3 heteroatoms. The van der Waals surface area contributed by atoms with Crippen molar-refractivity contribution in [3.8, 4) is 0 Å². The van der Waals surface area contributed by atoms with Gasteiger partial charge in [-0.05, 0) is 36.0 Å². The molecule has 0 saturated heterocycles. The van der Waals surface area contributed by atoms with E-state index < -0.39 is 5.97 Å². The summed E-state index contributed by atoms with van der Waals surface area (Å²) in [5.74, 6) is -0.721. The normalized spacial score (nSPS) is 14.5. The highest BCUT2D eigenvalue weighted by Crippen LogP contribution is 2.19. The number of carbonyl (C=O) groups is 1. The number of aliphatic carboxylic acids is 1. The molecule has 0 atom stereocenters. The fraction of sp³-hybridized carbons (Fsp3) is 0.462. The maximum atomic E-state index is 10.4. The molecule has 16 heavy (non-hydrogen) atoms. The number of carboxylic acids is 1. The lowest BCUT2D eigenvalue weighted by molar-refractivity contribution is -0.137. The van der Waals surface area contributed by atoms with E-state index in [9.17, 15) is 4.79 Å². The smallest absolute Gasteiger partial charge is 0.303 e. The Bertz CT molecular complexity index is 385. The second kappa shape index (κ2) is 5.12. The van der Waals surface area contributed by atoms with Gasteiger partial charge >= 0.3 is 5.97 Å². The number of rotatable bonds is 4. The third-order valence-corrected chi connectivity index (χ3v) is 2.90. The van der Waals surface area contributed by atoms with E-state index in [1.807, 2.05) is 0 Å². The van der Waals surface area contributed by atoms with Crippen LogP contribution in [0, 0.1) is 0 Å². The molecule has 1 aromatic rings. The Morgan fingerprint density at radius 3 is 3.06 bits per heavy atom. The lowest BCUT2D eigenvalue weighted by atomic mass is 9.98. The van der Waals surface area contributed by atoms with Gasteiger partial charge in [0.25, 0.3) is 0 Å². The molecule has 1 N–H and O–H groups in total. The van der Waals surface area contributed by atoms with Crippen LogP contribution in [0.2, 0.25) is 0 Å². The summed E-state index contributed by atoms with van der Waals surface area (Å²) in [6, 6.07) is 6.40. The third-order valence-electron chi connectivity index (χ3n) is 2.90. The Morgan fingerprint density at radius 2 is 2.25 bits per heavy atom. The number of ether oxygens (including phenoxy) is 1. The first-order valence-corrected chi connectivity index (χ1v) is 5.66. The molecular formula is C13H16O3. The van der Waals surface area contributed by atoms with Crippen LogP contribution in [0.1, 0.15) is 29.5 Å². The van der Waals surface area contributed by atoms with E-state index in [2.05, 4.69) is 18.2 Å². The van der Waals surface area contributed by atoms with E-state index in [4.69, 9.17) is 9.84 Å². The first-order valence-electron chi connectivity index (χ1n) is 5.66. The Hall–Kier alpha value is -1.35. The number of aryl methyl sites for hydroxylation is 1. The molecule has 0 spiro atoms. The minimum atomic E-state index is -0.721. The van der Waals surface area contributed by atoms with Crippen LogP contribution >= 0.6 is 0 Å². The second-order valence-electron chi connectivity index (χ2n) is 4.15. The topological polar surface area (TPSA) is 46.5 Å². The molecule has 1 aliphatic heterocycles. The molecule has 0 amide bonds. The van der Waals surface area contributed by atoms with Crippen LogP contribution in [0.5, 0.6) is 0 Å². The molecule has 0 bridgehead atoms. The molecule has 0 saturated carbocycles. The van der Waals surface area contributed by atoms with Crippen molar-refractivity contribution in [3.63, 3.8) is 0 Å². The van der Waals surface area contributed by atoms with Crippen molar-refractivity contribution in [2.24, 2.45) is 0 Å². The minimum absolute atomic E-state index is 0.244. The van der Waals surface area contributed by atoms with Crippen molar-refractivity contribution in [1.82, 2.24) is 0 Å². The zero-order valence-electron chi connectivity index (χ0n) is 9.24. The van der Waals surface area contributed by atoms with Crippen LogP contribution in [0.4, 0.5) is 0 Å². The van der Waals surface area contributed by atoms with Gasteiger partial charge in [0.15, 0.2) is 0 Å². The van der Waals surface area contributed by atoms with Gasteiger partial charge in [0.2, 0.25) is 0 Å². The Balaban J connectivity index is 1.97. The molecule has 2 rings (SSSR count). The largest absolute Gasteiger partial charge is 0.481 e. The van der Waals surface area contributed by atoms with E-state index >= 15 is 0 Å². The molecular weight excluding hydrogens is 204 g/mol. The number of fused-ring (bicyclic) bond motifs is 1. The molecule has 0 fully saturated rings. The molecule has 1 aromatic carbocycles. The van der Waals surface area contributed by atoms with E-state index in [1.54, 1.807) is 0 Å². The number of carboxylic acid groups (broad SMARTS) is 1. The highest BCUT2D eigenvalue weighted by atomic mass is 16.5. The fourth-order valence-electron chi connectivity index (χ4n) is 2.02. The molecule has 0 unspecified atom stereocenters. The lowest BCUT2D eigenvalue weighted by Crippen LogP contribution is -2.10. The van der Waals surface area contributed by atoms with Crippen molar-refractivity contribution in [1.29, 1.82) is 0 Å². The molecule has 0 aromatic heterocycles. The summed E-state index contributed by atoms with van der Waals surface area (Å²) in [7, 11) is 0. The van der Waals surface area contributed by atoms with Crippen LogP contribution in [0.15, 0.2) is 18.2 Å². The predicted molar refractivity (Wildman–Crippen MR) is 60.4 cm³/mol. The Kier molecular flexibility index (Phi) is 3.57. The zero-order valence-corrected chi connectivity index (χ0v) is 9.24. The zero-order chi connectivity index (χ0) is 11.4. The summed E-state index contributed by atoms with van der Waals surface area (Å²) in [5, 5.41) is 8.56. The highest BCUT2D eigenvalue weighted by molar-refractivity contribution is 5.66. The van der Waals surface area contributed by atoms with Gasteiger partial charge in [-0.15, -0.1) is 0 Å². The first kappa shape index (κ1) is 11.1. The molecule has 3 nitrogen and oxygen atoms in total. The first-order chi connectivity index (χ1) is 7.75. The second-order valence-corrected chi connectivity index (χ2v) is 4.15. The Labute approximate surface area is 95.0 Å². The van der Waals surface area contributed by atoms with E-state index in [0.717, 1.165) is 19.4 Å². The molecule has 86 valence electrons. The predicted octanol–water partition coefficient (Wildman–Crippen LogP) is 2.17. The summed E-state index contributed by atoms with van der Waals surface area (Å²) < 4.78 is 5.40. The standard InChI is InChI=1S/C13H16O3/c14-13(15)3-1-2-10-4-5-11-6-7-16-9-12(11)8-10/h4-5,8H,1-3,6-7,9H2,(H,14,15). The van der Waals surface area contributed by atoms with Gasteiger partial charge in [-0.3, -0.25) is 4.79 Å². The maximum absolute atomic E-state index is 10.4. The lowest BCUT2D eigenvalue weighted by Gasteiger charge is -2.17. The minimum Gasteiger partial charge on any atom is -0.481 e. The highest BCUT2D eigenvalue weighted by Gasteiger charge is 2.09. The summed E-state index contributed by atoms with van der Waals surface area (Å²) >= 11 is 0. The molecule has 0 aliphatic carbocycles. The van der Waals surface area contributed by atoms with Crippen molar-refractivity contribution >= 4 is 5.97 Å². The third kappa shape index (κ3) is 2.83. The van der Waals surface area contributed by atoms with Gasteiger partial charge in [0, 0.05) is 6.42 Å². The van der Waals surface area contributed by atoms with Crippen molar-refractivity contribution in [3.05, 3.63) is 34.9 Å². The quantitative estimate of drug-likeness (QED) is 0.845. The van der Waals surface area contributed by atoms with E-state index in [-0.39, 0.29) is 6.42 Å². The summed E-state index contributed by atoms with van der Waals surface area (Å²) in [6.07, 6.45) is 2.77. The van der Waals surface area contributed by atoms with Crippen molar-refractivity contribution in [2.45, 2.75) is 32.3 Å². The van der Waals surface area contributed by atoms with Crippen LogP contribution < -0.4 is 0 Å². The van der Waals surface area contributed by atoms with Crippen LogP contribution in [0.25, 0.3) is 0 Å². The average Bonchev–Trinajstić information content (AvgIpc) is 2.28. The van der Waals surface area contributed by atoms with Gasteiger partial charge < -0.3 is 9.84 Å². The van der Waals surface area contributed by atoms with Gasteiger partial charge in [-0.25, -0.2) is 0 Å². The Morgan fingerprint density at radius 1 is 1.38 bits per heavy atom. The average molecular weight is 220 g/mol. The van der Waals surface area contributed by atoms with Gasteiger partial charge in [0.1, 0.15) is 0 Å². The van der Waals surface area contributed by atoms with Crippen LogP contribution in [-0.4, -0.2) is 17.7 Å².